The van der Waals surface area contributed by atoms with E-state index in [-0.39, 0.29) is 0 Å². The summed E-state index contributed by atoms with van der Waals surface area (Å²) in [6.07, 6.45) is 0. The van der Waals surface area contributed by atoms with Gasteiger partial charge in [0.1, 0.15) is 0 Å². The van der Waals surface area contributed by atoms with Gasteiger partial charge in [0.05, 0.1) is 11.0 Å². The average Bonchev–Trinajstić information content (AvgIpc) is 3.62. The maximum atomic E-state index is 2.40. The number of anilines is 6. The van der Waals surface area contributed by atoms with Crippen molar-refractivity contribution < 1.29 is 0 Å². The Hall–Kier alpha value is -7.62. The van der Waals surface area contributed by atoms with Crippen molar-refractivity contribution in [2.24, 2.45) is 0 Å². The highest BCUT2D eigenvalue weighted by atomic mass is 15.2. The molecular formula is C54H39N3. The maximum absolute atomic E-state index is 2.40. The van der Waals surface area contributed by atoms with E-state index in [1.807, 2.05) is 0 Å². The van der Waals surface area contributed by atoms with Crippen molar-refractivity contribution in [2.75, 3.05) is 9.80 Å². The SMILES string of the molecule is c1ccc(-c2ccc(N(c3ccccc3)c3cccc(N(c4ccccc4)c4ccc5c6ccccc6n(-c6ccc(-c7ccccc7)cc6)c5c4)c3)cc2)cc1. The number of hydrogen-bond donors (Lipinski definition) is 0. The van der Waals surface area contributed by atoms with Crippen LogP contribution < -0.4 is 9.80 Å². The molecule has 0 saturated carbocycles. The minimum atomic E-state index is 1.06. The molecule has 270 valence electrons. The maximum Gasteiger partial charge on any atom is 0.0561 e. The van der Waals surface area contributed by atoms with Crippen molar-refractivity contribution in [3.63, 3.8) is 0 Å². The Kier molecular flexibility index (Phi) is 8.86. The van der Waals surface area contributed by atoms with Crippen LogP contribution in [-0.4, -0.2) is 4.57 Å². The zero-order chi connectivity index (χ0) is 38.0. The predicted octanol–water partition coefficient (Wildman–Crippen LogP) is 15.1. The number of aromatic nitrogens is 1. The number of fused-ring (bicyclic) bond motifs is 3. The van der Waals surface area contributed by atoms with Gasteiger partial charge in [0.15, 0.2) is 0 Å². The number of rotatable bonds is 9. The molecule has 0 aliphatic heterocycles. The molecule has 3 heteroatoms. The second-order valence-corrected chi connectivity index (χ2v) is 14.2. The highest BCUT2D eigenvalue weighted by Crippen LogP contribution is 2.43. The van der Waals surface area contributed by atoms with Crippen LogP contribution in [0.4, 0.5) is 34.1 Å². The predicted molar refractivity (Wildman–Crippen MR) is 241 cm³/mol. The Bertz CT molecular complexity index is 2920. The highest BCUT2D eigenvalue weighted by Gasteiger charge is 2.20. The van der Waals surface area contributed by atoms with Crippen molar-refractivity contribution in [1.29, 1.82) is 0 Å². The quantitative estimate of drug-likeness (QED) is 0.147. The summed E-state index contributed by atoms with van der Waals surface area (Å²) < 4.78 is 2.40. The third-order valence-electron chi connectivity index (χ3n) is 10.8. The van der Waals surface area contributed by atoms with Gasteiger partial charge < -0.3 is 14.4 Å². The van der Waals surface area contributed by atoms with E-state index in [0.717, 1.165) is 45.3 Å². The topological polar surface area (TPSA) is 11.4 Å². The Morgan fingerprint density at radius 3 is 1.21 bits per heavy atom. The van der Waals surface area contributed by atoms with E-state index in [1.165, 1.54) is 38.5 Å². The Morgan fingerprint density at radius 2 is 0.632 bits per heavy atom. The minimum Gasteiger partial charge on any atom is -0.310 e. The number of hydrogen-bond acceptors (Lipinski definition) is 2. The summed E-state index contributed by atoms with van der Waals surface area (Å²) in [5.74, 6) is 0. The standard InChI is InChI=1S/C54H39N3/c1-5-16-40(17-6-1)42-28-32-46(33-29-42)55(44-20-9-3-10-21-44)48-24-15-25-49(38-48)56(45-22-11-4-12-23-45)50-36-37-52-51-26-13-14-27-53(51)57(54(52)39-50)47-34-30-43(31-35-47)41-18-7-2-8-19-41/h1-39H. The summed E-state index contributed by atoms with van der Waals surface area (Å²) in [4.78, 5) is 4.70. The molecule has 0 unspecified atom stereocenters. The molecule has 0 bridgehead atoms. The molecule has 0 spiro atoms. The molecule has 10 aromatic rings. The molecule has 0 atom stereocenters. The highest BCUT2D eigenvalue weighted by molar-refractivity contribution is 6.10. The van der Waals surface area contributed by atoms with Crippen molar-refractivity contribution in [3.8, 4) is 27.9 Å². The molecule has 57 heavy (non-hydrogen) atoms. The van der Waals surface area contributed by atoms with E-state index in [2.05, 4.69) is 251 Å². The van der Waals surface area contributed by atoms with E-state index in [1.54, 1.807) is 0 Å². The van der Waals surface area contributed by atoms with Gasteiger partial charge in [0.25, 0.3) is 0 Å². The van der Waals surface area contributed by atoms with Gasteiger partial charge in [-0.3, -0.25) is 0 Å². The molecule has 9 aromatic carbocycles. The van der Waals surface area contributed by atoms with Crippen molar-refractivity contribution in [2.45, 2.75) is 0 Å². The molecule has 0 N–H and O–H groups in total. The van der Waals surface area contributed by atoms with E-state index < -0.39 is 0 Å². The number of nitrogens with zero attached hydrogens (tertiary/aromatic N) is 3. The van der Waals surface area contributed by atoms with Crippen LogP contribution in [0, 0.1) is 0 Å². The van der Waals surface area contributed by atoms with Crippen LogP contribution in [0.3, 0.4) is 0 Å². The van der Waals surface area contributed by atoms with Crippen LogP contribution in [0.5, 0.6) is 0 Å². The third-order valence-corrected chi connectivity index (χ3v) is 10.8. The first-order valence-corrected chi connectivity index (χ1v) is 19.4. The summed E-state index contributed by atoms with van der Waals surface area (Å²) in [7, 11) is 0. The normalized spacial score (nSPS) is 11.2. The summed E-state index contributed by atoms with van der Waals surface area (Å²) >= 11 is 0. The van der Waals surface area contributed by atoms with Gasteiger partial charge >= 0.3 is 0 Å². The van der Waals surface area contributed by atoms with Crippen LogP contribution >= 0.6 is 0 Å². The van der Waals surface area contributed by atoms with Crippen molar-refractivity contribution >= 4 is 55.9 Å². The first-order valence-electron chi connectivity index (χ1n) is 19.4. The monoisotopic (exact) mass is 729 g/mol. The van der Waals surface area contributed by atoms with Crippen LogP contribution in [0.1, 0.15) is 0 Å². The summed E-state index contributed by atoms with van der Waals surface area (Å²) in [6.45, 7) is 0. The molecule has 3 nitrogen and oxygen atoms in total. The number of benzene rings is 9. The van der Waals surface area contributed by atoms with Crippen LogP contribution in [-0.2, 0) is 0 Å². The fourth-order valence-electron chi connectivity index (χ4n) is 8.06. The van der Waals surface area contributed by atoms with Crippen LogP contribution in [0.15, 0.2) is 237 Å². The Balaban J connectivity index is 1.10. The van der Waals surface area contributed by atoms with Crippen molar-refractivity contribution in [1.82, 2.24) is 4.57 Å². The van der Waals surface area contributed by atoms with Gasteiger partial charge in [-0.2, -0.15) is 0 Å². The second kappa shape index (κ2) is 14.9. The molecule has 10 rings (SSSR count). The molecule has 0 saturated heterocycles. The summed E-state index contributed by atoms with van der Waals surface area (Å²) in [6, 6.07) is 84.7. The van der Waals surface area contributed by atoms with Gasteiger partial charge in [-0.1, -0.05) is 152 Å². The fraction of sp³-hybridized carbons (Fsp3) is 0. The van der Waals surface area contributed by atoms with Crippen molar-refractivity contribution in [3.05, 3.63) is 237 Å². The zero-order valence-corrected chi connectivity index (χ0v) is 31.4. The number of para-hydroxylation sites is 3. The third kappa shape index (κ3) is 6.52. The molecule has 0 fully saturated rings. The Labute approximate surface area is 333 Å². The summed E-state index contributed by atoms with van der Waals surface area (Å²) in [5, 5.41) is 2.45. The molecule has 1 heterocycles. The molecule has 0 radical (unpaired) electrons. The van der Waals surface area contributed by atoms with Crippen LogP contribution in [0.2, 0.25) is 0 Å². The lowest BCUT2D eigenvalue weighted by Gasteiger charge is -2.29. The second-order valence-electron chi connectivity index (χ2n) is 14.2. The lowest BCUT2D eigenvalue weighted by molar-refractivity contribution is 1.18. The van der Waals surface area contributed by atoms with E-state index in [9.17, 15) is 0 Å². The summed E-state index contributed by atoms with van der Waals surface area (Å²) in [5.41, 5.74) is 14.8. The van der Waals surface area contributed by atoms with E-state index in [4.69, 9.17) is 0 Å². The lowest BCUT2D eigenvalue weighted by Crippen LogP contribution is -2.13. The van der Waals surface area contributed by atoms with Gasteiger partial charge in [-0.25, -0.2) is 0 Å². The average molecular weight is 730 g/mol. The van der Waals surface area contributed by atoms with Gasteiger partial charge in [-0.05, 0) is 107 Å². The molecular weight excluding hydrogens is 691 g/mol. The van der Waals surface area contributed by atoms with E-state index in [0.29, 0.717) is 0 Å². The first kappa shape index (κ1) is 33.9. The lowest BCUT2D eigenvalue weighted by atomic mass is 10.0. The minimum absolute atomic E-state index is 1.06. The van der Waals surface area contributed by atoms with Crippen LogP contribution in [0.25, 0.3) is 49.7 Å². The molecule has 0 aliphatic carbocycles. The molecule has 0 amide bonds. The zero-order valence-electron chi connectivity index (χ0n) is 31.4. The first-order chi connectivity index (χ1) is 28.3. The molecule has 0 aliphatic rings. The van der Waals surface area contributed by atoms with Gasteiger partial charge in [0, 0.05) is 50.6 Å². The fourth-order valence-corrected chi connectivity index (χ4v) is 8.06. The Morgan fingerprint density at radius 1 is 0.246 bits per heavy atom. The smallest absolute Gasteiger partial charge is 0.0561 e. The molecule has 1 aromatic heterocycles. The van der Waals surface area contributed by atoms with E-state index >= 15 is 0 Å². The largest absolute Gasteiger partial charge is 0.310 e. The van der Waals surface area contributed by atoms with Gasteiger partial charge in [0.2, 0.25) is 0 Å². The van der Waals surface area contributed by atoms with Gasteiger partial charge in [-0.15, -0.1) is 0 Å².